The normalized spacial score (nSPS) is 13.5. The van der Waals surface area contributed by atoms with Crippen molar-refractivity contribution in [1.82, 2.24) is 0 Å². The zero-order valence-electron chi connectivity index (χ0n) is 7.39. The molecule has 0 aliphatic heterocycles. The van der Waals surface area contributed by atoms with Crippen LogP contribution >= 0.6 is 0 Å². The fraction of sp³-hybridized carbons (Fsp3) is 0.667. The summed E-state index contributed by atoms with van der Waals surface area (Å²) in [6.45, 7) is 8.45. The van der Waals surface area contributed by atoms with Crippen LogP contribution < -0.4 is 0 Å². The molecule has 0 bridgehead atoms. The van der Waals surface area contributed by atoms with E-state index in [9.17, 15) is 0 Å². The van der Waals surface area contributed by atoms with Gasteiger partial charge in [-0.2, -0.15) is 0 Å². The summed E-state index contributed by atoms with van der Waals surface area (Å²) in [7, 11) is 0. The lowest BCUT2D eigenvalue weighted by Crippen LogP contribution is -1.84. The highest BCUT2D eigenvalue weighted by Crippen LogP contribution is 1.94. The zero-order valence-corrected chi connectivity index (χ0v) is 7.39. The molecule has 0 radical (unpaired) electrons. The highest BCUT2D eigenvalue weighted by atomic mass is 14.7. The maximum atomic E-state index is 4.22. The Balaban J connectivity index is 3.70. The summed E-state index contributed by atoms with van der Waals surface area (Å²) in [4.78, 5) is 4.22. The highest BCUT2D eigenvalue weighted by Gasteiger charge is 1.82. The van der Waals surface area contributed by atoms with Crippen molar-refractivity contribution in [2.24, 2.45) is 10.9 Å². The second kappa shape index (κ2) is 5.21. The Bertz CT molecular complexity index is 132. The molecule has 58 valence electrons. The molecule has 0 rings (SSSR count). The molecule has 0 aliphatic carbocycles. The van der Waals surface area contributed by atoms with Gasteiger partial charge in [0, 0.05) is 11.9 Å². The molecular weight excluding hydrogens is 122 g/mol. The van der Waals surface area contributed by atoms with Gasteiger partial charge < -0.3 is 0 Å². The third kappa shape index (κ3) is 5.54. The van der Waals surface area contributed by atoms with Crippen molar-refractivity contribution in [3.63, 3.8) is 0 Å². The molecule has 0 amide bonds. The molecule has 1 heteroatoms. The average Bonchev–Trinajstić information content (AvgIpc) is 1.87. The van der Waals surface area contributed by atoms with E-state index in [0.717, 1.165) is 6.42 Å². The lowest BCUT2D eigenvalue weighted by Gasteiger charge is -1.91. The Morgan fingerprint density at radius 3 is 2.50 bits per heavy atom. The van der Waals surface area contributed by atoms with Crippen LogP contribution in [0, 0.1) is 5.92 Å². The van der Waals surface area contributed by atoms with Crippen LogP contribution in [0.4, 0.5) is 0 Å². The number of rotatable bonds is 3. The molecule has 0 aliphatic rings. The van der Waals surface area contributed by atoms with Gasteiger partial charge in [0.25, 0.3) is 0 Å². The van der Waals surface area contributed by atoms with Crippen molar-refractivity contribution in [1.29, 1.82) is 0 Å². The SMILES string of the molecule is CCC(C)=N/C=C\C(C)C. The molecule has 0 N–H and O–H groups in total. The lowest BCUT2D eigenvalue weighted by molar-refractivity contribution is 0.829. The van der Waals surface area contributed by atoms with Gasteiger partial charge >= 0.3 is 0 Å². The van der Waals surface area contributed by atoms with Crippen LogP contribution in [0.15, 0.2) is 17.3 Å². The van der Waals surface area contributed by atoms with Crippen LogP contribution in [0.2, 0.25) is 0 Å². The maximum absolute atomic E-state index is 4.22. The van der Waals surface area contributed by atoms with E-state index < -0.39 is 0 Å². The van der Waals surface area contributed by atoms with E-state index >= 15 is 0 Å². The lowest BCUT2D eigenvalue weighted by atomic mass is 10.2. The molecule has 0 aromatic carbocycles. The number of aliphatic imine (C=N–C) groups is 1. The van der Waals surface area contributed by atoms with Crippen molar-refractivity contribution >= 4 is 5.71 Å². The van der Waals surface area contributed by atoms with Crippen molar-refractivity contribution in [3.05, 3.63) is 12.3 Å². The molecule has 1 nitrogen and oxygen atoms in total. The highest BCUT2D eigenvalue weighted by molar-refractivity contribution is 5.82. The largest absolute Gasteiger partial charge is 0.266 e. The van der Waals surface area contributed by atoms with E-state index in [1.807, 2.05) is 13.1 Å². The Morgan fingerprint density at radius 1 is 1.50 bits per heavy atom. The smallest absolute Gasteiger partial charge is 0.0229 e. The summed E-state index contributed by atoms with van der Waals surface area (Å²) in [6, 6.07) is 0. The van der Waals surface area contributed by atoms with Crippen molar-refractivity contribution in [2.75, 3.05) is 0 Å². The fourth-order valence-corrected chi connectivity index (χ4v) is 0.434. The Kier molecular flexibility index (Phi) is 4.91. The van der Waals surface area contributed by atoms with E-state index in [1.165, 1.54) is 5.71 Å². The van der Waals surface area contributed by atoms with E-state index in [2.05, 4.69) is 31.8 Å². The summed E-state index contributed by atoms with van der Waals surface area (Å²) in [6.07, 6.45) is 5.03. The first-order valence-corrected chi connectivity index (χ1v) is 3.86. The number of hydrogen-bond donors (Lipinski definition) is 0. The standard InChI is InChI=1S/C9H17N/c1-5-9(4)10-7-6-8(2)3/h6-8H,5H2,1-4H3/b7-6-,10-9?. The average molecular weight is 139 g/mol. The van der Waals surface area contributed by atoms with Crippen molar-refractivity contribution in [3.8, 4) is 0 Å². The first kappa shape index (κ1) is 9.41. The van der Waals surface area contributed by atoms with Crippen LogP contribution in [0.25, 0.3) is 0 Å². The van der Waals surface area contributed by atoms with Crippen LogP contribution in [-0.2, 0) is 0 Å². The first-order valence-electron chi connectivity index (χ1n) is 3.86. The van der Waals surface area contributed by atoms with Crippen LogP contribution in [-0.4, -0.2) is 5.71 Å². The predicted molar refractivity (Wildman–Crippen MR) is 47.4 cm³/mol. The molecule has 0 saturated carbocycles. The summed E-state index contributed by atoms with van der Waals surface area (Å²) in [5.74, 6) is 0.605. The minimum atomic E-state index is 0.605. The molecule has 0 heterocycles. The minimum absolute atomic E-state index is 0.605. The molecule has 0 aromatic heterocycles. The fourth-order valence-electron chi connectivity index (χ4n) is 0.434. The molecule has 0 saturated heterocycles. The quantitative estimate of drug-likeness (QED) is 0.533. The molecule has 0 atom stereocenters. The molecule has 0 spiro atoms. The first-order chi connectivity index (χ1) is 4.66. The summed E-state index contributed by atoms with van der Waals surface area (Å²) in [5.41, 5.74) is 1.19. The second-order valence-corrected chi connectivity index (χ2v) is 2.80. The molecule has 10 heavy (non-hydrogen) atoms. The van der Waals surface area contributed by atoms with Gasteiger partial charge in [-0.3, -0.25) is 4.99 Å². The zero-order chi connectivity index (χ0) is 7.98. The number of nitrogens with zero attached hydrogens (tertiary/aromatic N) is 1. The predicted octanol–water partition coefficient (Wildman–Crippen LogP) is 3.03. The molecular formula is C9H17N. The van der Waals surface area contributed by atoms with Gasteiger partial charge in [0.1, 0.15) is 0 Å². The van der Waals surface area contributed by atoms with E-state index in [-0.39, 0.29) is 0 Å². The van der Waals surface area contributed by atoms with E-state index in [4.69, 9.17) is 0 Å². The summed E-state index contributed by atoms with van der Waals surface area (Å²) >= 11 is 0. The Hall–Kier alpha value is -0.590. The number of hydrogen-bond acceptors (Lipinski definition) is 1. The Labute approximate surface area is 63.9 Å². The topological polar surface area (TPSA) is 12.4 Å². The third-order valence-corrected chi connectivity index (χ3v) is 1.28. The van der Waals surface area contributed by atoms with Gasteiger partial charge in [0.15, 0.2) is 0 Å². The summed E-state index contributed by atoms with van der Waals surface area (Å²) in [5, 5.41) is 0. The van der Waals surface area contributed by atoms with Crippen molar-refractivity contribution < 1.29 is 0 Å². The molecule has 0 fully saturated rings. The van der Waals surface area contributed by atoms with Gasteiger partial charge in [0.2, 0.25) is 0 Å². The molecule has 0 aromatic rings. The van der Waals surface area contributed by atoms with Crippen LogP contribution in [0.3, 0.4) is 0 Å². The van der Waals surface area contributed by atoms with Crippen LogP contribution in [0.1, 0.15) is 34.1 Å². The van der Waals surface area contributed by atoms with Crippen LogP contribution in [0.5, 0.6) is 0 Å². The Morgan fingerprint density at radius 2 is 2.10 bits per heavy atom. The molecule has 0 unspecified atom stereocenters. The monoisotopic (exact) mass is 139 g/mol. The van der Waals surface area contributed by atoms with Gasteiger partial charge in [-0.15, -0.1) is 0 Å². The van der Waals surface area contributed by atoms with Gasteiger partial charge in [-0.25, -0.2) is 0 Å². The van der Waals surface area contributed by atoms with Gasteiger partial charge in [0.05, 0.1) is 0 Å². The van der Waals surface area contributed by atoms with E-state index in [1.54, 1.807) is 0 Å². The minimum Gasteiger partial charge on any atom is -0.266 e. The van der Waals surface area contributed by atoms with Gasteiger partial charge in [-0.1, -0.05) is 26.8 Å². The second-order valence-electron chi connectivity index (χ2n) is 2.80. The van der Waals surface area contributed by atoms with E-state index in [0.29, 0.717) is 5.92 Å². The van der Waals surface area contributed by atoms with Gasteiger partial charge in [-0.05, 0) is 19.3 Å². The third-order valence-electron chi connectivity index (χ3n) is 1.28. The maximum Gasteiger partial charge on any atom is 0.0229 e. The summed E-state index contributed by atoms with van der Waals surface area (Å²) < 4.78 is 0. The number of allylic oxidation sites excluding steroid dienone is 1. The van der Waals surface area contributed by atoms with Crippen molar-refractivity contribution in [2.45, 2.75) is 34.1 Å².